The number of aryl methyl sites for hydroxylation is 1. The largest absolute Gasteiger partial charge is 0.496 e. The number of furan rings is 1. The Morgan fingerprint density at radius 3 is 2.71 bits per heavy atom. The summed E-state index contributed by atoms with van der Waals surface area (Å²) in [6, 6.07) is 13.6. The van der Waals surface area contributed by atoms with Crippen molar-refractivity contribution in [1.29, 1.82) is 0 Å². The van der Waals surface area contributed by atoms with E-state index in [2.05, 4.69) is 5.32 Å². The SMILES string of the molecule is COc1c(/C(C)=C/C(=O)NCc2cccs2)cc2c(-c3ccc(Cl)cc3)coc2c1C. The van der Waals surface area contributed by atoms with E-state index in [1.807, 2.05) is 61.7 Å². The lowest BCUT2D eigenvalue weighted by atomic mass is 9.96. The van der Waals surface area contributed by atoms with Crippen molar-refractivity contribution in [1.82, 2.24) is 5.32 Å². The molecular formula is C25H22ClNO3S. The first kappa shape index (κ1) is 21.2. The summed E-state index contributed by atoms with van der Waals surface area (Å²) in [7, 11) is 1.63. The lowest BCUT2D eigenvalue weighted by Crippen LogP contribution is -2.20. The van der Waals surface area contributed by atoms with Gasteiger partial charge in [0.15, 0.2) is 0 Å². The van der Waals surface area contributed by atoms with Gasteiger partial charge in [-0.05, 0) is 54.6 Å². The van der Waals surface area contributed by atoms with E-state index in [0.717, 1.165) is 43.7 Å². The number of hydrogen-bond acceptors (Lipinski definition) is 4. The van der Waals surface area contributed by atoms with Crippen LogP contribution in [0.15, 0.2) is 64.6 Å². The molecule has 2 heterocycles. The minimum absolute atomic E-state index is 0.143. The molecule has 1 N–H and O–H groups in total. The second kappa shape index (κ2) is 9.00. The van der Waals surface area contributed by atoms with Crippen LogP contribution in [0, 0.1) is 6.92 Å². The third kappa shape index (κ3) is 4.38. The van der Waals surface area contributed by atoms with Crippen LogP contribution in [0.5, 0.6) is 5.75 Å². The van der Waals surface area contributed by atoms with E-state index in [-0.39, 0.29) is 5.91 Å². The Hall–Kier alpha value is -3.02. The molecule has 0 atom stereocenters. The summed E-state index contributed by atoms with van der Waals surface area (Å²) in [5.74, 6) is 0.556. The van der Waals surface area contributed by atoms with Gasteiger partial charge in [0.1, 0.15) is 11.3 Å². The lowest BCUT2D eigenvalue weighted by Gasteiger charge is -2.13. The van der Waals surface area contributed by atoms with Gasteiger partial charge in [0.05, 0.1) is 19.9 Å². The van der Waals surface area contributed by atoms with Crippen LogP contribution in [0.3, 0.4) is 0 Å². The van der Waals surface area contributed by atoms with Crippen molar-refractivity contribution in [2.75, 3.05) is 7.11 Å². The monoisotopic (exact) mass is 451 g/mol. The number of ether oxygens (including phenoxy) is 1. The summed E-state index contributed by atoms with van der Waals surface area (Å²) < 4.78 is 11.6. The van der Waals surface area contributed by atoms with Crippen LogP contribution in [0.2, 0.25) is 5.02 Å². The summed E-state index contributed by atoms with van der Waals surface area (Å²) in [6.45, 7) is 4.39. The molecule has 0 fully saturated rings. The number of methoxy groups -OCH3 is 1. The smallest absolute Gasteiger partial charge is 0.244 e. The van der Waals surface area contributed by atoms with Gasteiger partial charge in [-0.15, -0.1) is 11.3 Å². The fourth-order valence-corrected chi connectivity index (χ4v) is 4.41. The minimum Gasteiger partial charge on any atom is -0.496 e. The Morgan fingerprint density at radius 2 is 2.03 bits per heavy atom. The van der Waals surface area contributed by atoms with Crippen molar-refractivity contribution in [3.63, 3.8) is 0 Å². The summed E-state index contributed by atoms with van der Waals surface area (Å²) in [4.78, 5) is 13.6. The number of carbonyl (C=O) groups excluding carboxylic acids is 1. The standard InChI is InChI=1S/C25H22ClNO3S/c1-15(11-23(28)27-13-19-5-4-10-31-19)20-12-21-22(17-6-8-18(26)9-7-17)14-30-25(21)16(2)24(20)29-3/h4-12,14H,13H2,1-3H3,(H,27,28)/b15-11+. The van der Waals surface area contributed by atoms with Crippen LogP contribution in [-0.4, -0.2) is 13.0 Å². The Morgan fingerprint density at radius 1 is 1.26 bits per heavy atom. The van der Waals surface area contributed by atoms with E-state index in [1.165, 1.54) is 0 Å². The Bertz CT molecular complexity index is 1250. The zero-order chi connectivity index (χ0) is 22.0. The summed E-state index contributed by atoms with van der Waals surface area (Å²) in [5, 5.41) is 6.57. The molecule has 0 aliphatic carbocycles. The molecule has 0 unspecified atom stereocenters. The van der Waals surface area contributed by atoms with E-state index in [0.29, 0.717) is 17.3 Å². The van der Waals surface area contributed by atoms with E-state index in [9.17, 15) is 4.79 Å². The van der Waals surface area contributed by atoms with E-state index >= 15 is 0 Å². The quantitative estimate of drug-likeness (QED) is 0.326. The highest BCUT2D eigenvalue weighted by atomic mass is 35.5. The molecule has 6 heteroatoms. The van der Waals surface area contributed by atoms with Crippen molar-refractivity contribution >= 4 is 45.4 Å². The number of amides is 1. The predicted octanol–water partition coefficient (Wildman–Crippen LogP) is 6.85. The fourth-order valence-electron chi connectivity index (χ4n) is 3.64. The van der Waals surface area contributed by atoms with Crippen LogP contribution < -0.4 is 10.1 Å². The van der Waals surface area contributed by atoms with Crippen LogP contribution in [0.4, 0.5) is 0 Å². The van der Waals surface area contributed by atoms with Crippen LogP contribution in [0.1, 0.15) is 22.9 Å². The molecule has 158 valence electrons. The average Bonchev–Trinajstić information content (AvgIpc) is 3.43. The van der Waals surface area contributed by atoms with Gasteiger partial charge in [-0.1, -0.05) is 29.8 Å². The first-order valence-electron chi connectivity index (χ1n) is 9.81. The van der Waals surface area contributed by atoms with Gasteiger partial charge in [-0.2, -0.15) is 0 Å². The molecule has 0 aliphatic rings. The average molecular weight is 452 g/mol. The second-order valence-corrected chi connectivity index (χ2v) is 8.71. The number of rotatable bonds is 6. The van der Waals surface area contributed by atoms with Crippen LogP contribution in [0.25, 0.3) is 27.7 Å². The summed E-state index contributed by atoms with van der Waals surface area (Å²) in [6.07, 6.45) is 3.36. The van der Waals surface area contributed by atoms with Gasteiger partial charge >= 0.3 is 0 Å². The molecule has 31 heavy (non-hydrogen) atoms. The molecule has 4 nitrogen and oxygen atoms in total. The molecule has 0 aliphatic heterocycles. The van der Waals surface area contributed by atoms with Crippen LogP contribution >= 0.6 is 22.9 Å². The van der Waals surface area contributed by atoms with Crippen molar-refractivity contribution < 1.29 is 13.9 Å². The van der Waals surface area contributed by atoms with Gasteiger partial charge in [-0.25, -0.2) is 0 Å². The summed E-state index contributed by atoms with van der Waals surface area (Å²) >= 11 is 7.66. The number of benzene rings is 2. The molecule has 0 radical (unpaired) electrons. The molecular weight excluding hydrogens is 430 g/mol. The van der Waals surface area contributed by atoms with Crippen molar-refractivity contribution in [2.45, 2.75) is 20.4 Å². The highest BCUT2D eigenvalue weighted by Gasteiger charge is 2.18. The highest BCUT2D eigenvalue weighted by Crippen LogP contribution is 2.40. The molecule has 4 rings (SSSR count). The predicted molar refractivity (Wildman–Crippen MR) is 128 cm³/mol. The van der Waals surface area contributed by atoms with Gasteiger partial charge in [0, 0.05) is 38.1 Å². The van der Waals surface area contributed by atoms with E-state index < -0.39 is 0 Å². The maximum atomic E-state index is 12.5. The number of halogens is 1. The van der Waals surface area contributed by atoms with Gasteiger partial charge in [0.25, 0.3) is 0 Å². The lowest BCUT2D eigenvalue weighted by molar-refractivity contribution is -0.116. The second-order valence-electron chi connectivity index (χ2n) is 7.24. The number of carbonyl (C=O) groups is 1. The van der Waals surface area contributed by atoms with Crippen molar-refractivity contribution in [3.8, 4) is 16.9 Å². The topological polar surface area (TPSA) is 51.5 Å². The number of nitrogens with one attached hydrogen (secondary N) is 1. The third-order valence-corrected chi connectivity index (χ3v) is 6.32. The number of fused-ring (bicyclic) bond motifs is 1. The highest BCUT2D eigenvalue weighted by molar-refractivity contribution is 7.09. The zero-order valence-electron chi connectivity index (χ0n) is 17.5. The first-order chi connectivity index (χ1) is 15.0. The molecule has 4 aromatic rings. The van der Waals surface area contributed by atoms with Gasteiger partial charge in [-0.3, -0.25) is 4.79 Å². The molecule has 2 aromatic heterocycles. The molecule has 2 aromatic carbocycles. The van der Waals surface area contributed by atoms with E-state index in [4.69, 9.17) is 20.8 Å². The molecule has 0 spiro atoms. The molecule has 0 saturated heterocycles. The molecule has 0 saturated carbocycles. The van der Waals surface area contributed by atoms with Crippen LogP contribution in [-0.2, 0) is 11.3 Å². The molecule has 1 amide bonds. The number of hydrogen-bond donors (Lipinski definition) is 1. The third-order valence-electron chi connectivity index (χ3n) is 5.19. The Labute approximate surface area is 190 Å². The van der Waals surface area contributed by atoms with Gasteiger partial charge in [0.2, 0.25) is 5.91 Å². The first-order valence-corrected chi connectivity index (χ1v) is 11.1. The fraction of sp³-hybridized carbons (Fsp3) is 0.160. The summed E-state index contributed by atoms with van der Waals surface area (Å²) in [5.41, 5.74) is 5.30. The normalized spacial score (nSPS) is 11.7. The molecule has 0 bridgehead atoms. The minimum atomic E-state index is -0.143. The maximum absolute atomic E-state index is 12.5. The zero-order valence-corrected chi connectivity index (χ0v) is 19.1. The van der Waals surface area contributed by atoms with E-state index in [1.54, 1.807) is 30.8 Å². The number of allylic oxidation sites excluding steroid dienone is 1. The Balaban J connectivity index is 1.72. The van der Waals surface area contributed by atoms with Crippen molar-refractivity contribution in [3.05, 3.63) is 81.2 Å². The Kier molecular flexibility index (Phi) is 6.16. The van der Waals surface area contributed by atoms with Crippen molar-refractivity contribution in [2.24, 2.45) is 0 Å². The maximum Gasteiger partial charge on any atom is 0.244 e. The number of thiophene rings is 1. The van der Waals surface area contributed by atoms with Gasteiger partial charge < -0.3 is 14.5 Å².